The molecule has 0 unspecified atom stereocenters. The third-order valence-electron chi connectivity index (χ3n) is 3.96. The largest absolute Gasteiger partial charge is 0.396 e. The van der Waals surface area contributed by atoms with Crippen LogP contribution in [-0.4, -0.2) is 29.7 Å². The molecule has 3 aromatic rings. The summed E-state index contributed by atoms with van der Waals surface area (Å²) in [7, 11) is 1.75. The van der Waals surface area contributed by atoms with Crippen LogP contribution in [0.15, 0.2) is 42.5 Å². The SMILES string of the molecule is CNc1[nH]c2cc(-c3cccc(CCO)c3)ccc2c1C(N)=O. The number of aliphatic hydroxyl groups is 1. The molecular formula is C18H19N3O2. The van der Waals surface area contributed by atoms with Gasteiger partial charge in [-0.25, -0.2) is 0 Å². The van der Waals surface area contributed by atoms with Crippen molar-refractivity contribution in [2.24, 2.45) is 5.73 Å². The molecule has 23 heavy (non-hydrogen) atoms. The lowest BCUT2D eigenvalue weighted by molar-refractivity contribution is 0.100. The second-order valence-corrected chi connectivity index (χ2v) is 5.42. The van der Waals surface area contributed by atoms with E-state index in [4.69, 9.17) is 10.8 Å². The van der Waals surface area contributed by atoms with Crippen molar-refractivity contribution in [2.45, 2.75) is 6.42 Å². The van der Waals surface area contributed by atoms with Crippen molar-refractivity contribution in [3.05, 3.63) is 53.6 Å². The molecule has 0 aliphatic carbocycles. The molecule has 0 radical (unpaired) electrons. The first-order chi connectivity index (χ1) is 11.1. The predicted octanol–water partition coefficient (Wildman–Crippen LogP) is 2.51. The fourth-order valence-electron chi connectivity index (χ4n) is 2.86. The zero-order valence-electron chi connectivity index (χ0n) is 12.9. The number of hydrogen-bond acceptors (Lipinski definition) is 3. The van der Waals surface area contributed by atoms with E-state index in [0.29, 0.717) is 17.8 Å². The Labute approximate surface area is 134 Å². The number of nitrogens with two attached hydrogens (primary N) is 1. The smallest absolute Gasteiger partial charge is 0.253 e. The fraction of sp³-hybridized carbons (Fsp3) is 0.167. The minimum Gasteiger partial charge on any atom is -0.396 e. The van der Waals surface area contributed by atoms with Gasteiger partial charge in [0.1, 0.15) is 5.82 Å². The van der Waals surface area contributed by atoms with E-state index < -0.39 is 5.91 Å². The highest BCUT2D eigenvalue weighted by atomic mass is 16.2. The molecule has 0 spiro atoms. The monoisotopic (exact) mass is 309 g/mol. The summed E-state index contributed by atoms with van der Waals surface area (Å²) in [6.07, 6.45) is 0.633. The van der Waals surface area contributed by atoms with Crippen molar-refractivity contribution in [1.29, 1.82) is 0 Å². The van der Waals surface area contributed by atoms with Gasteiger partial charge in [0.25, 0.3) is 5.91 Å². The van der Waals surface area contributed by atoms with Gasteiger partial charge in [0.15, 0.2) is 0 Å². The number of hydrogen-bond donors (Lipinski definition) is 4. The van der Waals surface area contributed by atoms with Gasteiger partial charge in [0.05, 0.1) is 5.56 Å². The van der Waals surface area contributed by atoms with Gasteiger partial charge in [-0.15, -0.1) is 0 Å². The number of rotatable bonds is 5. The summed E-state index contributed by atoms with van der Waals surface area (Å²) in [6.45, 7) is 0.132. The molecule has 2 aromatic carbocycles. The molecule has 0 atom stereocenters. The molecule has 5 nitrogen and oxygen atoms in total. The number of aromatic nitrogens is 1. The van der Waals surface area contributed by atoms with Crippen LogP contribution in [0.4, 0.5) is 5.82 Å². The Morgan fingerprint density at radius 3 is 2.70 bits per heavy atom. The van der Waals surface area contributed by atoms with Gasteiger partial charge in [0.2, 0.25) is 0 Å². The third-order valence-corrected chi connectivity index (χ3v) is 3.96. The topological polar surface area (TPSA) is 91.1 Å². The average Bonchev–Trinajstić information content (AvgIpc) is 2.93. The highest BCUT2D eigenvalue weighted by Gasteiger charge is 2.15. The Kier molecular flexibility index (Phi) is 4.04. The fourth-order valence-corrected chi connectivity index (χ4v) is 2.86. The molecule has 5 N–H and O–H groups in total. The van der Waals surface area contributed by atoms with Crippen LogP contribution in [0.3, 0.4) is 0 Å². The third kappa shape index (κ3) is 2.78. The summed E-state index contributed by atoms with van der Waals surface area (Å²) in [6, 6.07) is 13.9. The van der Waals surface area contributed by atoms with E-state index in [2.05, 4.69) is 16.4 Å². The van der Waals surface area contributed by atoms with Crippen LogP contribution in [-0.2, 0) is 6.42 Å². The maximum Gasteiger partial charge on any atom is 0.253 e. The van der Waals surface area contributed by atoms with Crippen LogP contribution in [0.25, 0.3) is 22.0 Å². The van der Waals surface area contributed by atoms with Gasteiger partial charge < -0.3 is 21.1 Å². The standard InChI is InChI=1S/C18H19N3O2/c1-20-18-16(17(19)23)14-6-5-13(10-15(14)21-18)12-4-2-3-11(9-12)7-8-22/h2-6,9-10,20-22H,7-8H2,1H3,(H2,19,23). The number of benzene rings is 2. The van der Waals surface area contributed by atoms with E-state index >= 15 is 0 Å². The van der Waals surface area contributed by atoms with E-state index in [-0.39, 0.29) is 6.61 Å². The first-order valence-corrected chi connectivity index (χ1v) is 7.47. The Morgan fingerprint density at radius 1 is 1.22 bits per heavy atom. The zero-order chi connectivity index (χ0) is 16.4. The molecule has 1 heterocycles. The van der Waals surface area contributed by atoms with Crippen LogP contribution in [0.1, 0.15) is 15.9 Å². The summed E-state index contributed by atoms with van der Waals surface area (Å²) < 4.78 is 0. The molecule has 5 heteroatoms. The van der Waals surface area contributed by atoms with E-state index in [9.17, 15) is 4.79 Å². The second-order valence-electron chi connectivity index (χ2n) is 5.42. The van der Waals surface area contributed by atoms with Crippen LogP contribution in [0, 0.1) is 0 Å². The highest BCUT2D eigenvalue weighted by Crippen LogP contribution is 2.30. The van der Waals surface area contributed by atoms with Crippen molar-refractivity contribution in [3.8, 4) is 11.1 Å². The number of H-pyrrole nitrogens is 1. The quantitative estimate of drug-likeness (QED) is 0.583. The molecule has 0 fully saturated rings. The van der Waals surface area contributed by atoms with Crippen LogP contribution < -0.4 is 11.1 Å². The van der Waals surface area contributed by atoms with Crippen molar-refractivity contribution < 1.29 is 9.90 Å². The Balaban J connectivity index is 2.10. The molecule has 3 rings (SSSR count). The van der Waals surface area contributed by atoms with Gasteiger partial charge in [0, 0.05) is 24.6 Å². The summed E-state index contributed by atoms with van der Waals surface area (Å²) in [5.41, 5.74) is 10.0. The molecule has 0 saturated carbocycles. The van der Waals surface area contributed by atoms with E-state index in [1.807, 2.05) is 36.4 Å². The first kappa shape index (κ1) is 15.1. The van der Waals surface area contributed by atoms with E-state index in [1.165, 1.54) is 0 Å². The van der Waals surface area contributed by atoms with Crippen molar-refractivity contribution in [3.63, 3.8) is 0 Å². The lowest BCUT2D eigenvalue weighted by Crippen LogP contribution is -2.12. The van der Waals surface area contributed by atoms with E-state index in [1.54, 1.807) is 7.05 Å². The number of carbonyl (C=O) groups excluding carboxylic acids is 1. The number of primary amides is 1. The maximum absolute atomic E-state index is 11.7. The van der Waals surface area contributed by atoms with Gasteiger partial charge in [-0.3, -0.25) is 4.79 Å². The van der Waals surface area contributed by atoms with Gasteiger partial charge >= 0.3 is 0 Å². The molecule has 0 aliphatic rings. The first-order valence-electron chi connectivity index (χ1n) is 7.47. The Morgan fingerprint density at radius 2 is 2.00 bits per heavy atom. The van der Waals surface area contributed by atoms with Crippen molar-refractivity contribution in [2.75, 3.05) is 19.0 Å². The summed E-state index contributed by atoms with van der Waals surface area (Å²) in [4.78, 5) is 14.9. The molecule has 118 valence electrons. The molecule has 0 bridgehead atoms. The summed E-state index contributed by atoms with van der Waals surface area (Å²) in [5.74, 6) is 0.164. The molecular weight excluding hydrogens is 290 g/mol. The Bertz CT molecular complexity index is 868. The molecule has 1 amide bonds. The van der Waals surface area contributed by atoms with Crippen molar-refractivity contribution >= 4 is 22.6 Å². The number of carbonyl (C=O) groups is 1. The van der Waals surface area contributed by atoms with Crippen molar-refractivity contribution in [1.82, 2.24) is 4.98 Å². The molecule has 1 aromatic heterocycles. The predicted molar refractivity (Wildman–Crippen MR) is 92.6 cm³/mol. The number of fused-ring (bicyclic) bond motifs is 1. The van der Waals surface area contributed by atoms with Crippen LogP contribution in [0.2, 0.25) is 0 Å². The van der Waals surface area contributed by atoms with Crippen LogP contribution >= 0.6 is 0 Å². The number of aliphatic hydroxyl groups excluding tert-OH is 1. The summed E-state index contributed by atoms with van der Waals surface area (Å²) >= 11 is 0. The number of aromatic amines is 1. The highest BCUT2D eigenvalue weighted by molar-refractivity contribution is 6.11. The lowest BCUT2D eigenvalue weighted by atomic mass is 10.0. The molecule has 0 aliphatic heterocycles. The minimum absolute atomic E-state index is 0.132. The Hall–Kier alpha value is -2.79. The normalized spacial score (nSPS) is 10.9. The number of nitrogens with one attached hydrogen (secondary N) is 2. The average molecular weight is 309 g/mol. The second kappa shape index (κ2) is 6.14. The number of amides is 1. The van der Waals surface area contributed by atoms with Crippen LogP contribution in [0.5, 0.6) is 0 Å². The lowest BCUT2D eigenvalue weighted by Gasteiger charge is -2.05. The molecule has 0 saturated heterocycles. The number of anilines is 1. The van der Waals surface area contributed by atoms with Gasteiger partial charge in [-0.2, -0.15) is 0 Å². The zero-order valence-corrected chi connectivity index (χ0v) is 12.9. The van der Waals surface area contributed by atoms with E-state index in [0.717, 1.165) is 27.6 Å². The van der Waals surface area contributed by atoms with Gasteiger partial charge in [-0.05, 0) is 29.2 Å². The van der Waals surface area contributed by atoms with Gasteiger partial charge in [-0.1, -0.05) is 36.4 Å². The summed E-state index contributed by atoms with van der Waals surface area (Å²) in [5, 5.41) is 12.8. The maximum atomic E-state index is 11.7. The minimum atomic E-state index is -0.460.